The zero-order valence-electron chi connectivity index (χ0n) is 16.3. The molecule has 1 aromatic carbocycles. The Bertz CT molecular complexity index is 760. The molecule has 1 N–H and O–H groups in total. The first kappa shape index (κ1) is 21.6. The lowest BCUT2D eigenvalue weighted by Crippen LogP contribution is -2.44. The number of carbonyl (C=O) groups excluding carboxylic acids is 3. The molecule has 0 fully saturated rings. The predicted molar refractivity (Wildman–Crippen MR) is 99.7 cm³/mol. The second-order valence-electron chi connectivity index (χ2n) is 6.35. The fourth-order valence-electron chi connectivity index (χ4n) is 3.15. The van der Waals surface area contributed by atoms with E-state index in [0.29, 0.717) is 30.0 Å². The number of ether oxygens (including phenoxy) is 2. The molecular weight excluding hydrogens is 367 g/mol. The Kier molecular flexibility index (Phi) is 7.69. The van der Waals surface area contributed by atoms with Gasteiger partial charge in [0.2, 0.25) is 11.8 Å². The van der Waals surface area contributed by atoms with Crippen molar-refractivity contribution in [2.45, 2.75) is 26.2 Å². The van der Waals surface area contributed by atoms with E-state index in [0.717, 1.165) is 0 Å². The fraction of sp³-hybridized carbons (Fsp3) is 0.450. The highest BCUT2D eigenvalue weighted by Crippen LogP contribution is 2.37. The highest BCUT2D eigenvalue weighted by molar-refractivity contribution is 5.97. The molecule has 28 heavy (non-hydrogen) atoms. The van der Waals surface area contributed by atoms with Gasteiger partial charge in [0, 0.05) is 31.7 Å². The highest BCUT2D eigenvalue weighted by atomic mass is 19.1. The molecule has 0 bridgehead atoms. The summed E-state index contributed by atoms with van der Waals surface area (Å²) >= 11 is 0. The van der Waals surface area contributed by atoms with Gasteiger partial charge in [-0.2, -0.15) is 0 Å². The van der Waals surface area contributed by atoms with Gasteiger partial charge in [-0.25, -0.2) is 9.18 Å². The van der Waals surface area contributed by atoms with Crippen molar-refractivity contribution in [1.29, 1.82) is 0 Å². The molecule has 152 valence electrons. The number of hydrogen-bond donors (Lipinski definition) is 1. The maximum Gasteiger partial charge on any atom is 0.336 e. The molecule has 0 aromatic heterocycles. The number of benzene rings is 1. The van der Waals surface area contributed by atoms with E-state index >= 15 is 0 Å². The molecular formula is C20H25FN2O5. The molecule has 1 aliphatic rings. The van der Waals surface area contributed by atoms with Gasteiger partial charge in [0.05, 0.1) is 18.8 Å². The molecule has 0 saturated heterocycles. The van der Waals surface area contributed by atoms with Crippen LogP contribution < -0.4 is 5.32 Å². The van der Waals surface area contributed by atoms with Crippen molar-refractivity contribution in [3.63, 3.8) is 0 Å². The number of rotatable bonds is 8. The van der Waals surface area contributed by atoms with Crippen molar-refractivity contribution in [3.8, 4) is 0 Å². The zero-order chi connectivity index (χ0) is 20.7. The summed E-state index contributed by atoms with van der Waals surface area (Å²) in [7, 11) is 1.52. The summed E-state index contributed by atoms with van der Waals surface area (Å²) in [5.41, 5.74) is 1.31. The van der Waals surface area contributed by atoms with Crippen molar-refractivity contribution in [3.05, 3.63) is 46.9 Å². The van der Waals surface area contributed by atoms with Gasteiger partial charge in [-0.05, 0) is 31.5 Å². The highest BCUT2D eigenvalue weighted by Gasteiger charge is 2.37. The predicted octanol–water partition coefficient (Wildman–Crippen LogP) is 1.74. The summed E-state index contributed by atoms with van der Waals surface area (Å²) in [4.78, 5) is 38.7. The van der Waals surface area contributed by atoms with Crippen LogP contribution >= 0.6 is 0 Å². The van der Waals surface area contributed by atoms with Crippen molar-refractivity contribution in [2.24, 2.45) is 0 Å². The lowest BCUT2D eigenvalue weighted by molar-refractivity contribution is -0.141. The van der Waals surface area contributed by atoms with E-state index in [1.54, 1.807) is 26.0 Å². The minimum absolute atomic E-state index is 0.0114. The Balaban J connectivity index is 2.33. The first-order valence-electron chi connectivity index (χ1n) is 9.08. The number of carbonyl (C=O) groups is 3. The maximum absolute atomic E-state index is 13.3. The molecule has 2 rings (SSSR count). The first-order valence-corrected chi connectivity index (χ1v) is 9.08. The van der Waals surface area contributed by atoms with E-state index in [1.807, 2.05) is 0 Å². The molecule has 0 saturated carbocycles. The normalized spacial score (nSPS) is 16.9. The van der Waals surface area contributed by atoms with E-state index in [1.165, 1.54) is 24.1 Å². The Morgan fingerprint density at radius 3 is 2.57 bits per heavy atom. The van der Waals surface area contributed by atoms with E-state index < -0.39 is 17.7 Å². The Hall–Kier alpha value is -2.74. The Labute approximate surface area is 163 Å². The van der Waals surface area contributed by atoms with Crippen LogP contribution in [0.2, 0.25) is 0 Å². The summed E-state index contributed by atoms with van der Waals surface area (Å²) in [6, 6.07) is 5.67. The monoisotopic (exact) mass is 392 g/mol. The summed E-state index contributed by atoms with van der Waals surface area (Å²) < 4.78 is 23.3. The minimum atomic E-state index is -0.556. The molecule has 0 aliphatic carbocycles. The molecule has 1 atom stereocenters. The van der Waals surface area contributed by atoms with Crippen molar-refractivity contribution in [1.82, 2.24) is 10.2 Å². The second kappa shape index (κ2) is 9.98. The molecule has 2 amide bonds. The molecule has 0 radical (unpaired) electrons. The molecule has 7 nitrogen and oxygen atoms in total. The summed E-state index contributed by atoms with van der Waals surface area (Å²) in [5, 5.41) is 2.65. The van der Waals surface area contributed by atoms with Crippen LogP contribution in [0, 0.1) is 5.82 Å². The van der Waals surface area contributed by atoms with Gasteiger partial charge in [-0.3, -0.25) is 9.59 Å². The molecule has 1 heterocycles. The van der Waals surface area contributed by atoms with Crippen molar-refractivity contribution >= 4 is 17.8 Å². The number of hydrogen-bond acceptors (Lipinski definition) is 5. The summed E-state index contributed by atoms with van der Waals surface area (Å²) in [5.74, 6) is -2.15. The van der Waals surface area contributed by atoms with Crippen LogP contribution in [0.15, 0.2) is 35.5 Å². The number of amides is 2. The van der Waals surface area contributed by atoms with Crippen LogP contribution in [-0.4, -0.2) is 56.1 Å². The maximum atomic E-state index is 13.3. The summed E-state index contributed by atoms with van der Waals surface area (Å²) in [6.45, 7) is 3.96. The third-order valence-electron chi connectivity index (χ3n) is 4.52. The molecule has 8 heteroatoms. The van der Waals surface area contributed by atoms with Gasteiger partial charge in [0.1, 0.15) is 12.4 Å². The first-order chi connectivity index (χ1) is 13.4. The van der Waals surface area contributed by atoms with Gasteiger partial charge in [0.25, 0.3) is 0 Å². The lowest BCUT2D eigenvalue weighted by Gasteiger charge is -2.34. The topological polar surface area (TPSA) is 84.9 Å². The molecule has 0 spiro atoms. The van der Waals surface area contributed by atoms with Crippen LogP contribution in [-0.2, 0) is 23.9 Å². The number of nitrogens with zero attached hydrogens (tertiary/aromatic N) is 1. The number of allylic oxidation sites excluding steroid dienone is 1. The van der Waals surface area contributed by atoms with E-state index in [-0.39, 0.29) is 31.4 Å². The number of nitrogens with one attached hydrogen (secondary N) is 1. The zero-order valence-corrected chi connectivity index (χ0v) is 16.3. The van der Waals surface area contributed by atoms with Crippen LogP contribution in [0.5, 0.6) is 0 Å². The SMILES string of the molecule is CCOC(=O)C1=C(C)N(CC(=O)NCCOC)C(=O)C[C@H]1c1ccc(F)cc1. The number of esters is 1. The Morgan fingerprint density at radius 1 is 1.29 bits per heavy atom. The smallest absolute Gasteiger partial charge is 0.336 e. The van der Waals surface area contributed by atoms with Gasteiger partial charge in [0.15, 0.2) is 0 Å². The minimum Gasteiger partial charge on any atom is -0.463 e. The third kappa shape index (κ3) is 5.16. The lowest BCUT2D eigenvalue weighted by atomic mass is 9.83. The van der Waals surface area contributed by atoms with Crippen LogP contribution in [0.1, 0.15) is 31.7 Å². The molecule has 1 aromatic rings. The van der Waals surface area contributed by atoms with Crippen LogP contribution in [0.4, 0.5) is 4.39 Å². The van der Waals surface area contributed by atoms with E-state index in [9.17, 15) is 18.8 Å². The van der Waals surface area contributed by atoms with Crippen LogP contribution in [0.25, 0.3) is 0 Å². The van der Waals surface area contributed by atoms with Gasteiger partial charge < -0.3 is 19.7 Å². The third-order valence-corrected chi connectivity index (χ3v) is 4.52. The average Bonchev–Trinajstić information content (AvgIpc) is 2.65. The summed E-state index contributed by atoms with van der Waals surface area (Å²) in [6.07, 6.45) is -0.0114. The van der Waals surface area contributed by atoms with Crippen molar-refractivity contribution in [2.75, 3.05) is 33.4 Å². The van der Waals surface area contributed by atoms with Gasteiger partial charge in [-0.1, -0.05) is 12.1 Å². The van der Waals surface area contributed by atoms with E-state index in [4.69, 9.17) is 9.47 Å². The number of halogens is 1. The second-order valence-corrected chi connectivity index (χ2v) is 6.35. The van der Waals surface area contributed by atoms with Crippen molar-refractivity contribution < 1.29 is 28.2 Å². The Morgan fingerprint density at radius 2 is 1.96 bits per heavy atom. The fourth-order valence-corrected chi connectivity index (χ4v) is 3.15. The molecule has 0 unspecified atom stereocenters. The van der Waals surface area contributed by atoms with Crippen LogP contribution in [0.3, 0.4) is 0 Å². The molecule has 1 aliphatic heterocycles. The average molecular weight is 392 g/mol. The standard InChI is InChI=1S/C20H25FN2O5/c1-4-28-20(26)19-13(2)23(12-17(24)22-9-10-27-3)18(25)11-16(19)14-5-7-15(21)8-6-14/h5-8,16H,4,9-12H2,1-3H3,(H,22,24)/t16-/m0/s1. The van der Waals surface area contributed by atoms with Gasteiger partial charge >= 0.3 is 5.97 Å². The largest absolute Gasteiger partial charge is 0.463 e. The quantitative estimate of drug-likeness (QED) is 0.538. The van der Waals surface area contributed by atoms with Gasteiger partial charge in [-0.15, -0.1) is 0 Å². The number of methoxy groups -OCH3 is 1. The van der Waals surface area contributed by atoms with E-state index in [2.05, 4.69) is 5.32 Å².